The molecule has 1 aromatic heterocycles. The molecule has 5 nitrogen and oxygen atoms in total. The number of alkyl carbamates (subject to hydrolysis) is 1. The van der Waals surface area contributed by atoms with Crippen molar-refractivity contribution in [3.05, 3.63) is 17.8 Å². The van der Waals surface area contributed by atoms with E-state index in [1.165, 1.54) is 0 Å². The van der Waals surface area contributed by atoms with Crippen molar-refractivity contribution >= 4 is 17.7 Å². The molecule has 6 heteroatoms. The van der Waals surface area contributed by atoms with E-state index in [9.17, 15) is 4.79 Å². The molecule has 0 aromatic carbocycles. The van der Waals surface area contributed by atoms with Gasteiger partial charge in [-0.2, -0.15) is 0 Å². The maximum absolute atomic E-state index is 11.6. The summed E-state index contributed by atoms with van der Waals surface area (Å²) in [5.41, 5.74) is 0.231. The number of alkyl halides is 1. The van der Waals surface area contributed by atoms with Gasteiger partial charge in [0.15, 0.2) is 5.89 Å². The van der Waals surface area contributed by atoms with Gasteiger partial charge in [-0.05, 0) is 34.1 Å². The number of nitrogens with zero attached hydrogens (tertiary/aromatic N) is 1. The largest absolute Gasteiger partial charge is 0.448 e. The van der Waals surface area contributed by atoms with Crippen LogP contribution in [0.15, 0.2) is 10.7 Å². The van der Waals surface area contributed by atoms with Crippen LogP contribution in [-0.4, -0.2) is 22.7 Å². The molecule has 0 aliphatic carbocycles. The lowest BCUT2D eigenvalue weighted by Gasteiger charge is -2.22. The summed E-state index contributed by atoms with van der Waals surface area (Å²) in [5, 5.41) is 2.80. The van der Waals surface area contributed by atoms with Crippen molar-refractivity contribution in [3.8, 4) is 0 Å². The summed E-state index contributed by atoms with van der Waals surface area (Å²) < 4.78 is 10.6. The molecule has 1 N–H and O–H groups in total. The summed E-state index contributed by atoms with van der Waals surface area (Å²) in [6.45, 7) is 9.42. The van der Waals surface area contributed by atoms with Crippen LogP contribution in [0.4, 0.5) is 4.79 Å². The Hall–Kier alpha value is -1.23. The van der Waals surface area contributed by atoms with Gasteiger partial charge in [0.2, 0.25) is 0 Å². The zero-order valence-electron chi connectivity index (χ0n) is 12.7. The van der Waals surface area contributed by atoms with E-state index in [-0.39, 0.29) is 12.0 Å². The third-order valence-electron chi connectivity index (χ3n) is 2.60. The van der Waals surface area contributed by atoms with Gasteiger partial charge in [0.25, 0.3) is 0 Å². The molecule has 1 aromatic rings. The zero-order chi connectivity index (χ0) is 15.3. The second-order valence-electron chi connectivity index (χ2n) is 5.99. The Bertz CT molecular complexity index is 440. The van der Waals surface area contributed by atoms with E-state index in [0.717, 1.165) is 5.69 Å². The van der Waals surface area contributed by atoms with Crippen molar-refractivity contribution in [2.75, 3.05) is 0 Å². The van der Waals surface area contributed by atoms with Gasteiger partial charge in [0.05, 0.1) is 11.6 Å². The monoisotopic (exact) mass is 302 g/mol. The first-order valence-electron chi connectivity index (χ1n) is 6.71. The average molecular weight is 303 g/mol. The lowest BCUT2D eigenvalue weighted by atomic mass is 10.0. The fourth-order valence-electron chi connectivity index (χ4n) is 1.81. The summed E-state index contributed by atoms with van der Waals surface area (Å²) in [4.78, 5) is 15.9. The van der Waals surface area contributed by atoms with Crippen molar-refractivity contribution in [2.45, 2.75) is 64.5 Å². The second kappa shape index (κ2) is 6.97. The highest BCUT2D eigenvalue weighted by Crippen LogP contribution is 2.20. The maximum Gasteiger partial charge on any atom is 0.407 e. The lowest BCUT2D eigenvalue weighted by molar-refractivity contribution is 0.0504. The first-order valence-corrected chi connectivity index (χ1v) is 7.24. The summed E-state index contributed by atoms with van der Waals surface area (Å²) in [7, 11) is 0. The fraction of sp³-hybridized carbons (Fsp3) is 0.714. The predicted octanol–water partition coefficient (Wildman–Crippen LogP) is 3.82. The minimum atomic E-state index is -0.493. The van der Waals surface area contributed by atoms with Crippen LogP contribution >= 0.6 is 11.6 Å². The number of halogens is 1. The molecule has 0 bridgehead atoms. The summed E-state index contributed by atoms with van der Waals surface area (Å²) >= 11 is 5.68. The van der Waals surface area contributed by atoms with E-state index in [1.54, 1.807) is 6.26 Å². The van der Waals surface area contributed by atoms with Gasteiger partial charge in [0.1, 0.15) is 11.9 Å². The molecule has 114 valence electrons. The summed E-state index contributed by atoms with van der Waals surface area (Å²) in [5.74, 6) is 1.07. The Kier molecular flexibility index (Phi) is 5.87. The van der Waals surface area contributed by atoms with E-state index >= 15 is 0 Å². The molecule has 1 amide bonds. The van der Waals surface area contributed by atoms with Crippen LogP contribution in [0, 0.1) is 0 Å². The summed E-state index contributed by atoms with van der Waals surface area (Å²) in [6.07, 6.45) is 1.86. The van der Waals surface area contributed by atoms with Crippen molar-refractivity contribution in [1.29, 1.82) is 0 Å². The minimum Gasteiger partial charge on any atom is -0.448 e. The SMILES string of the molecule is C[C@H](C[C@H](C)c1nc(CCl)co1)NC(=O)OC(C)(C)C. The van der Waals surface area contributed by atoms with Crippen LogP contribution in [0.3, 0.4) is 0 Å². The number of carbonyl (C=O) groups is 1. The van der Waals surface area contributed by atoms with Crippen molar-refractivity contribution < 1.29 is 13.9 Å². The molecule has 0 saturated heterocycles. The number of hydrogen-bond donors (Lipinski definition) is 1. The van der Waals surface area contributed by atoms with Crippen molar-refractivity contribution in [2.24, 2.45) is 0 Å². The van der Waals surface area contributed by atoms with Gasteiger partial charge >= 0.3 is 6.09 Å². The molecule has 0 aliphatic heterocycles. The zero-order valence-corrected chi connectivity index (χ0v) is 13.5. The standard InChI is InChI=1S/C14H23ClN2O3/c1-9(12-17-11(7-15)8-19-12)6-10(2)16-13(18)20-14(3,4)5/h8-10H,6-7H2,1-5H3,(H,16,18)/t9-,10+/m0/s1. The average Bonchev–Trinajstić information content (AvgIpc) is 2.73. The maximum atomic E-state index is 11.6. The van der Waals surface area contributed by atoms with Crippen LogP contribution < -0.4 is 5.32 Å². The molecule has 0 unspecified atom stereocenters. The van der Waals surface area contributed by atoms with E-state index < -0.39 is 11.7 Å². The van der Waals surface area contributed by atoms with Gasteiger partial charge in [-0.1, -0.05) is 6.92 Å². The van der Waals surface area contributed by atoms with E-state index in [1.807, 2.05) is 34.6 Å². The van der Waals surface area contributed by atoms with Crippen molar-refractivity contribution in [3.63, 3.8) is 0 Å². The number of nitrogens with one attached hydrogen (secondary N) is 1. The Balaban J connectivity index is 2.45. The van der Waals surface area contributed by atoms with Gasteiger partial charge in [0, 0.05) is 12.0 Å². The number of aromatic nitrogens is 1. The van der Waals surface area contributed by atoms with Crippen LogP contribution in [0.5, 0.6) is 0 Å². The quantitative estimate of drug-likeness (QED) is 0.840. The van der Waals surface area contributed by atoms with Gasteiger partial charge in [-0.15, -0.1) is 11.6 Å². The molecule has 0 spiro atoms. The smallest absolute Gasteiger partial charge is 0.407 e. The third-order valence-corrected chi connectivity index (χ3v) is 2.87. The normalized spacial score (nSPS) is 14.7. The van der Waals surface area contributed by atoms with E-state index in [0.29, 0.717) is 18.2 Å². The number of ether oxygens (including phenoxy) is 1. The molecular formula is C14H23ClN2O3. The molecule has 0 fully saturated rings. The summed E-state index contributed by atoms with van der Waals surface area (Å²) in [6, 6.07) is -0.0359. The van der Waals surface area contributed by atoms with Crippen LogP contribution in [0.25, 0.3) is 0 Å². The highest BCUT2D eigenvalue weighted by Gasteiger charge is 2.20. The molecule has 0 radical (unpaired) electrons. The Morgan fingerprint density at radius 3 is 2.65 bits per heavy atom. The molecular weight excluding hydrogens is 280 g/mol. The Morgan fingerprint density at radius 1 is 1.50 bits per heavy atom. The third kappa shape index (κ3) is 5.82. The topological polar surface area (TPSA) is 64.4 Å². The lowest BCUT2D eigenvalue weighted by Crippen LogP contribution is -2.38. The Labute approximate surface area is 125 Å². The number of rotatable bonds is 5. The van der Waals surface area contributed by atoms with Crippen LogP contribution in [-0.2, 0) is 10.6 Å². The van der Waals surface area contributed by atoms with Crippen molar-refractivity contribution in [1.82, 2.24) is 10.3 Å². The molecule has 0 aliphatic rings. The molecule has 20 heavy (non-hydrogen) atoms. The van der Waals surface area contributed by atoms with Crippen LogP contribution in [0.2, 0.25) is 0 Å². The molecule has 1 heterocycles. The van der Waals surface area contributed by atoms with E-state index in [4.69, 9.17) is 20.8 Å². The van der Waals surface area contributed by atoms with E-state index in [2.05, 4.69) is 10.3 Å². The van der Waals surface area contributed by atoms with Gasteiger partial charge in [-0.3, -0.25) is 0 Å². The number of hydrogen-bond acceptors (Lipinski definition) is 4. The van der Waals surface area contributed by atoms with Gasteiger partial charge < -0.3 is 14.5 Å². The fourth-order valence-corrected chi connectivity index (χ4v) is 1.93. The molecule has 2 atom stereocenters. The highest BCUT2D eigenvalue weighted by atomic mass is 35.5. The number of amides is 1. The number of oxazole rings is 1. The second-order valence-corrected chi connectivity index (χ2v) is 6.26. The predicted molar refractivity (Wildman–Crippen MR) is 77.9 cm³/mol. The van der Waals surface area contributed by atoms with Gasteiger partial charge in [-0.25, -0.2) is 9.78 Å². The first-order chi connectivity index (χ1) is 9.21. The Morgan fingerprint density at radius 2 is 2.15 bits per heavy atom. The first kappa shape index (κ1) is 16.8. The van der Waals surface area contributed by atoms with Crippen LogP contribution in [0.1, 0.15) is 58.5 Å². The highest BCUT2D eigenvalue weighted by molar-refractivity contribution is 6.16. The number of carbonyl (C=O) groups excluding carboxylic acids is 1. The molecule has 0 saturated carbocycles. The molecule has 1 rings (SSSR count). The minimum absolute atomic E-state index is 0.0359.